The summed E-state index contributed by atoms with van der Waals surface area (Å²) in [6.07, 6.45) is -1.94. The molecule has 0 N–H and O–H groups in total. The first-order valence-electron chi connectivity index (χ1n) is 9.15. The molecule has 0 bridgehead atoms. The Balaban J connectivity index is 1.59. The van der Waals surface area contributed by atoms with Gasteiger partial charge in [0.2, 0.25) is 0 Å². The second kappa shape index (κ2) is 5.68. The zero-order chi connectivity index (χ0) is 20.7. The van der Waals surface area contributed by atoms with Gasteiger partial charge in [-0.2, -0.15) is 0 Å². The largest absolute Gasteiger partial charge is 0.586 e. The van der Waals surface area contributed by atoms with Crippen LogP contribution in [0.2, 0.25) is 0 Å². The van der Waals surface area contributed by atoms with Crippen molar-refractivity contribution in [2.75, 3.05) is 10.7 Å². The van der Waals surface area contributed by atoms with E-state index in [1.165, 1.54) is 24.0 Å². The van der Waals surface area contributed by atoms with Gasteiger partial charge in [0.25, 0.3) is 5.91 Å². The quantitative estimate of drug-likeness (QED) is 0.748. The number of halogens is 2. The van der Waals surface area contributed by atoms with E-state index in [2.05, 4.69) is 14.5 Å². The van der Waals surface area contributed by atoms with Gasteiger partial charge in [0.1, 0.15) is 5.82 Å². The molecule has 8 nitrogen and oxygen atoms in total. The van der Waals surface area contributed by atoms with Crippen molar-refractivity contribution in [3.05, 3.63) is 29.1 Å². The lowest BCUT2D eigenvalue weighted by molar-refractivity contribution is -0.286. The topological polar surface area (TPSA) is 90.7 Å². The fourth-order valence-electron chi connectivity index (χ4n) is 3.78. The molecule has 2 aliphatic heterocycles. The van der Waals surface area contributed by atoms with Crippen LogP contribution in [-0.4, -0.2) is 35.9 Å². The lowest BCUT2D eigenvalue weighted by Gasteiger charge is -2.15. The highest BCUT2D eigenvalue weighted by molar-refractivity contribution is 7.91. The third-order valence-corrected chi connectivity index (χ3v) is 7.17. The molecule has 1 amide bonds. The zero-order valence-corrected chi connectivity index (χ0v) is 16.4. The number of hydrogen-bond donors (Lipinski definition) is 0. The molecule has 5 rings (SSSR count). The van der Waals surface area contributed by atoms with Crippen molar-refractivity contribution in [1.29, 1.82) is 0 Å². The van der Waals surface area contributed by atoms with Crippen LogP contribution in [0.25, 0.3) is 0 Å². The van der Waals surface area contributed by atoms with Gasteiger partial charge in [0.05, 0.1) is 12.3 Å². The monoisotopic (exact) mass is 425 g/mol. The van der Waals surface area contributed by atoms with Crippen molar-refractivity contribution in [2.24, 2.45) is 7.05 Å². The van der Waals surface area contributed by atoms with Gasteiger partial charge in [0, 0.05) is 18.5 Å². The Morgan fingerprint density at radius 3 is 2.52 bits per heavy atom. The summed E-state index contributed by atoms with van der Waals surface area (Å²) < 4.78 is 62.5. The van der Waals surface area contributed by atoms with E-state index in [9.17, 15) is 22.0 Å². The first kappa shape index (κ1) is 18.3. The number of amides is 1. The number of carbonyl (C=O) groups excluding carboxylic acids is 1. The summed E-state index contributed by atoms with van der Waals surface area (Å²) >= 11 is 0. The molecular weight excluding hydrogens is 408 g/mol. The fourth-order valence-corrected chi connectivity index (χ4v) is 5.00. The summed E-state index contributed by atoms with van der Waals surface area (Å²) in [7, 11) is -2.02. The summed E-state index contributed by atoms with van der Waals surface area (Å²) in [5.41, 5.74) is 0.594. The highest BCUT2D eigenvalue weighted by Gasteiger charge is 2.46. The molecule has 11 heteroatoms. The summed E-state index contributed by atoms with van der Waals surface area (Å²) in [6, 6.07) is 2.52. The minimum Gasteiger partial charge on any atom is -0.395 e. The number of rotatable bonds is 4. The van der Waals surface area contributed by atoms with Crippen molar-refractivity contribution in [3.63, 3.8) is 0 Å². The molecule has 154 valence electrons. The number of hydrogen-bond acceptors (Lipinski definition) is 6. The van der Waals surface area contributed by atoms with Crippen LogP contribution in [0.4, 0.5) is 14.6 Å². The third-order valence-electron chi connectivity index (χ3n) is 5.36. The number of sulfone groups is 1. The molecule has 0 atom stereocenters. The van der Waals surface area contributed by atoms with Crippen LogP contribution < -0.4 is 14.4 Å². The number of aromatic nitrogens is 2. The van der Waals surface area contributed by atoms with Gasteiger partial charge in [-0.3, -0.25) is 9.69 Å². The number of imidazole rings is 1. The van der Waals surface area contributed by atoms with Crippen molar-refractivity contribution in [1.82, 2.24) is 9.55 Å². The first-order valence-corrected chi connectivity index (χ1v) is 10.8. The van der Waals surface area contributed by atoms with E-state index in [4.69, 9.17) is 0 Å². The van der Waals surface area contributed by atoms with Crippen LogP contribution in [0, 0.1) is 0 Å². The SMILES string of the molecule is CCS(=O)(=O)c1c(N2Cc3cc4c(cc3C2=O)OC(F)(F)O4)nc(C2CC2)n1C. The second-order valence-electron chi connectivity index (χ2n) is 7.35. The predicted octanol–water partition coefficient (Wildman–Crippen LogP) is 2.57. The van der Waals surface area contributed by atoms with Crippen LogP contribution in [0.5, 0.6) is 11.5 Å². The molecule has 3 heterocycles. The highest BCUT2D eigenvalue weighted by atomic mass is 32.2. The number of carbonyl (C=O) groups is 1. The molecule has 1 aromatic heterocycles. The van der Waals surface area contributed by atoms with E-state index >= 15 is 0 Å². The number of ether oxygens (including phenoxy) is 2. The van der Waals surface area contributed by atoms with Gasteiger partial charge in [-0.1, -0.05) is 6.92 Å². The average Bonchev–Trinajstić information content (AvgIpc) is 3.26. The van der Waals surface area contributed by atoms with Crippen molar-refractivity contribution >= 4 is 21.6 Å². The Hall–Kier alpha value is -2.69. The smallest absolute Gasteiger partial charge is 0.395 e. The molecule has 0 radical (unpaired) electrons. The Labute approximate surface area is 164 Å². The minimum absolute atomic E-state index is 0.00370. The number of benzene rings is 1. The molecule has 3 aliphatic rings. The summed E-state index contributed by atoms with van der Waals surface area (Å²) in [5, 5.41) is -0.00497. The normalized spacial score (nSPS) is 19.7. The second-order valence-corrected chi connectivity index (χ2v) is 9.54. The standard InChI is InChI=1S/C18H17F2N3O5S/c1-3-29(25,26)17-15(21-14(22(17)2)9-4-5-9)23-8-10-6-12-13(7-11(10)16(23)24)28-18(19,20)27-12/h6-7,9H,3-5,8H2,1-2H3. The molecule has 1 fully saturated rings. The molecule has 0 unspecified atom stereocenters. The number of anilines is 1. The average molecular weight is 425 g/mol. The van der Waals surface area contributed by atoms with E-state index in [0.29, 0.717) is 11.4 Å². The summed E-state index contributed by atoms with van der Waals surface area (Å²) in [6.45, 7) is 1.53. The third kappa shape index (κ3) is 2.70. The molecule has 0 spiro atoms. The zero-order valence-electron chi connectivity index (χ0n) is 15.6. The highest BCUT2D eigenvalue weighted by Crippen LogP contribution is 2.46. The molecule has 0 saturated heterocycles. The van der Waals surface area contributed by atoms with Crippen molar-refractivity contribution in [3.8, 4) is 11.5 Å². The van der Waals surface area contributed by atoms with E-state index in [1.807, 2.05) is 0 Å². The lowest BCUT2D eigenvalue weighted by atomic mass is 10.1. The molecule has 1 aliphatic carbocycles. The molecule has 29 heavy (non-hydrogen) atoms. The van der Waals surface area contributed by atoms with Crippen molar-refractivity contribution < 1.29 is 31.5 Å². The summed E-state index contributed by atoms with van der Waals surface area (Å²) in [4.78, 5) is 18.8. The van der Waals surface area contributed by atoms with Gasteiger partial charge >= 0.3 is 6.29 Å². The van der Waals surface area contributed by atoms with Crippen molar-refractivity contribution in [2.45, 2.75) is 43.5 Å². The Morgan fingerprint density at radius 2 is 1.90 bits per heavy atom. The van der Waals surface area contributed by atoms with Crippen LogP contribution >= 0.6 is 0 Å². The first-order chi connectivity index (χ1) is 13.6. The maximum absolute atomic E-state index is 13.3. The Morgan fingerprint density at radius 1 is 1.24 bits per heavy atom. The predicted molar refractivity (Wildman–Crippen MR) is 96.1 cm³/mol. The number of alkyl halides is 2. The van der Waals surface area contributed by atoms with Crippen LogP contribution in [0.15, 0.2) is 17.2 Å². The Kier molecular flexibility index (Phi) is 3.59. The Bertz CT molecular complexity index is 1170. The molecule has 1 saturated carbocycles. The van der Waals surface area contributed by atoms with E-state index < -0.39 is 22.0 Å². The van der Waals surface area contributed by atoms with E-state index in [0.717, 1.165) is 12.8 Å². The number of nitrogens with zero attached hydrogens (tertiary/aromatic N) is 3. The maximum atomic E-state index is 13.3. The molecular formula is C18H17F2N3O5S. The fraction of sp³-hybridized carbons (Fsp3) is 0.444. The molecule has 1 aromatic carbocycles. The summed E-state index contributed by atoms with van der Waals surface area (Å²) in [5.74, 6) is -0.171. The van der Waals surface area contributed by atoms with Gasteiger partial charge in [-0.05, 0) is 30.5 Å². The maximum Gasteiger partial charge on any atom is 0.586 e. The lowest BCUT2D eigenvalue weighted by Crippen LogP contribution is -2.26. The van der Waals surface area contributed by atoms with Gasteiger partial charge in [-0.25, -0.2) is 13.4 Å². The van der Waals surface area contributed by atoms with Gasteiger partial charge in [0.15, 0.2) is 32.2 Å². The van der Waals surface area contributed by atoms with Crippen LogP contribution in [0.3, 0.4) is 0 Å². The van der Waals surface area contributed by atoms with Gasteiger partial charge < -0.3 is 14.0 Å². The van der Waals surface area contributed by atoms with E-state index in [-0.39, 0.29) is 46.1 Å². The number of fused-ring (bicyclic) bond motifs is 2. The van der Waals surface area contributed by atoms with E-state index in [1.54, 1.807) is 11.6 Å². The van der Waals surface area contributed by atoms with Crippen LogP contribution in [-0.2, 0) is 23.4 Å². The van der Waals surface area contributed by atoms with Crippen LogP contribution in [0.1, 0.15) is 47.4 Å². The minimum atomic E-state index is -3.78. The molecule has 2 aromatic rings. The van der Waals surface area contributed by atoms with Gasteiger partial charge in [-0.15, -0.1) is 8.78 Å².